The summed E-state index contributed by atoms with van der Waals surface area (Å²) >= 11 is 11.0. The average molecular weight is 258 g/mol. The molecule has 86 valence electrons. The minimum atomic E-state index is -0.139. The van der Waals surface area contributed by atoms with Crippen molar-refractivity contribution in [1.29, 1.82) is 0 Å². The lowest BCUT2D eigenvalue weighted by Gasteiger charge is -2.12. The van der Waals surface area contributed by atoms with Gasteiger partial charge in [-0.1, -0.05) is 11.6 Å². The first-order valence-corrected chi connectivity index (χ1v) is 5.35. The number of nitrogens with zero attached hydrogens (tertiary/aromatic N) is 1. The van der Waals surface area contributed by atoms with Gasteiger partial charge in [0.2, 0.25) is 0 Å². The van der Waals surface area contributed by atoms with E-state index in [2.05, 4.69) is 0 Å². The molecular formula is C11H12ClNO2S. The summed E-state index contributed by atoms with van der Waals surface area (Å²) in [7, 11) is 4.84. The molecule has 0 saturated heterocycles. The van der Waals surface area contributed by atoms with Gasteiger partial charge in [-0.2, -0.15) is 0 Å². The Hall–Kier alpha value is -1.13. The lowest BCUT2D eigenvalue weighted by atomic mass is 10.1. The van der Waals surface area contributed by atoms with E-state index in [0.29, 0.717) is 21.2 Å². The lowest BCUT2D eigenvalue weighted by molar-refractivity contribution is 0.0828. The number of ether oxygens (including phenoxy) is 1. The van der Waals surface area contributed by atoms with E-state index in [1.54, 1.807) is 32.3 Å². The number of benzene rings is 1. The molecule has 5 heteroatoms. The molecule has 0 unspecified atom stereocenters. The molecule has 0 aliphatic carbocycles. The number of hydrogen-bond donors (Lipinski definition) is 0. The van der Waals surface area contributed by atoms with E-state index >= 15 is 0 Å². The Bertz CT molecular complexity index is 432. The fourth-order valence-corrected chi connectivity index (χ4v) is 1.56. The standard InChI is InChI=1S/C11H12ClNO2S/c1-13(2)10(14)8-5-4-7(6-9(8)12)11(16)15-3/h4-6H,1-3H3. The van der Waals surface area contributed by atoms with Crippen molar-refractivity contribution < 1.29 is 9.53 Å². The summed E-state index contributed by atoms with van der Waals surface area (Å²) in [6.45, 7) is 0. The molecule has 0 bridgehead atoms. The van der Waals surface area contributed by atoms with Crippen molar-refractivity contribution in [2.75, 3.05) is 21.2 Å². The SMILES string of the molecule is COC(=S)c1ccc(C(=O)N(C)C)c(Cl)c1. The zero-order chi connectivity index (χ0) is 12.3. The van der Waals surface area contributed by atoms with Gasteiger partial charge in [-0.3, -0.25) is 4.79 Å². The molecule has 3 nitrogen and oxygen atoms in total. The monoisotopic (exact) mass is 257 g/mol. The van der Waals surface area contributed by atoms with E-state index in [-0.39, 0.29) is 5.91 Å². The number of hydrogen-bond acceptors (Lipinski definition) is 3. The van der Waals surface area contributed by atoms with Gasteiger partial charge in [0, 0.05) is 19.7 Å². The van der Waals surface area contributed by atoms with Crippen LogP contribution in [-0.4, -0.2) is 37.1 Å². The second-order valence-corrected chi connectivity index (χ2v) is 4.16. The van der Waals surface area contributed by atoms with Crippen LogP contribution in [0.1, 0.15) is 15.9 Å². The summed E-state index contributed by atoms with van der Waals surface area (Å²) in [5.41, 5.74) is 1.15. The molecule has 1 aromatic rings. The van der Waals surface area contributed by atoms with Crippen molar-refractivity contribution in [2.24, 2.45) is 0 Å². The van der Waals surface area contributed by atoms with Crippen LogP contribution in [0.4, 0.5) is 0 Å². The van der Waals surface area contributed by atoms with Crippen molar-refractivity contribution in [3.63, 3.8) is 0 Å². The van der Waals surface area contributed by atoms with Gasteiger partial charge in [0.25, 0.3) is 5.91 Å². The van der Waals surface area contributed by atoms with E-state index in [1.165, 1.54) is 12.0 Å². The molecule has 0 heterocycles. The van der Waals surface area contributed by atoms with E-state index in [9.17, 15) is 4.79 Å². The number of halogens is 1. The molecule has 0 atom stereocenters. The van der Waals surface area contributed by atoms with Crippen LogP contribution in [0.2, 0.25) is 5.02 Å². The van der Waals surface area contributed by atoms with Crippen molar-refractivity contribution in [3.05, 3.63) is 34.3 Å². The highest BCUT2D eigenvalue weighted by molar-refractivity contribution is 7.80. The predicted molar refractivity (Wildman–Crippen MR) is 68.2 cm³/mol. The van der Waals surface area contributed by atoms with Gasteiger partial charge >= 0.3 is 0 Å². The van der Waals surface area contributed by atoms with Crippen molar-refractivity contribution in [1.82, 2.24) is 4.90 Å². The smallest absolute Gasteiger partial charge is 0.254 e. The third-order valence-corrected chi connectivity index (χ3v) is 2.74. The molecule has 0 N–H and O–H groups in total. The molecular weight excluding hydrogens is 246 g/mol. The summed E-state index contributed by atoms with van der Waals surface area (Å²) in [4.78, 5) is 13.2. The Morgan fingerprint density at radius 1 is 1.44 bits per heavy atom. The van der Waals surface area contributed by atoms with E-state index in [1.807, 2.05) is 0 Å². The zero-order valence-electron chi connectivity index (χ0n) is 9.28. The number of amides is 1. The first-order valence-electron chi connectivity index (χ1n) is 4.57. The highest BCUT2D eigenvalue weighted by Crippen LogP contribution is 2.19. The molecule has 1 aromatic carbocycles. The van der Waals surface area contributed by atoms with Crippen LogP contribution in [-0.2, 0) is 4.74 Å². The second kappa shape index (κ2) is 5.27. The number of carbonyl (C=O) groups excluding carboxylic acids is 1. The van der Waals surface area contributed by atoms with E-state index < -0.39 is 0 Å². The molecule has 0 fully saturated rings. The summed E-state index contributed by atoms with van der Waals surface area (Å²) in [5.74, 6) is -0.139. The van der Waals surface area contributed by atoms with E-state index in [4.69, 9.17) is 28.6 Å². The van der Waals surface area contributed by atoms with Gasteiger partial charge < -0.3 is 9.64 Å². The summed E-state index contributed by atoms with van der Waals surface area (Å²) in [5, 5.41) is 0.723. The number of methoxy groups -OCH3 is 1. The Morgan fingerprint density at radius 2 is 2.06 bits per heavy atom. The van der Waals surface area contributed by atoms with Crippen LogP contribution in [0.25, 0.3) is 0 Å². The van der Waals surface area contributed by atoms with E-state index in [0.717, 1.165) is 0 Å². The van der Waals surface area contributed by atoms with Crippen molar-refractivity contribution in [2.45, 2.75) is 0 Å². The molecule has 1 amide bonds. The third kappa shape index (κ3) is 2.71. The number of thiocarbonyl (C=S) groups is 1. The van der Waals surface area contributed by atoms with Gasteiger partial charge in [0.15, 0.2) is 5.05 Å². The third-order valence-electron chi connectivity index (χ3n) is 2.03. The maximum atomic E-state index is 11.7. The van der Waals surface area contributed by atoms with Crippen LogP contribution in [0.5, 0.6) is 0 Å². The number of carbonyl (C=O) groups is 1. The zero-order valence-corrected chi connectivity index (χ0v) is 10.9. The van der Waals surface area contributed by atoms with Gasteiger partial charge in [-0.05, 0) is 30.4 Å². The second-order valence-electron chi connectivity index (χ2n) is 3.39. The van der Waals surface area contributed by atoms with Gasteiger partial charge in [-0.15, -0.1) is 0 Å². The van der Waals surface area contributed by atoms with Crippen LogP contribution >= 0.6 is 23.8 Å². The minimum absolute atomic E-state index is 0.139. The van der Waals surface area contributed by atoms with Crippen LogP contribution < -0.4 is 0 Å². The Kier molecular flexibility index (Phi) is 4.26. The quantitative estimate of drug-likeness (QED) is 0.762. The topological polar surface area (TPSA) is 29.5 Å². The van der Waals surface area contributed by atoms with Gasteiger partial charge in [0.05, 0.1) is 17.7 Å². The first kappa shape index (κ1) is 12.9. The predicted octanol–water partition coefficient (Wildman–Crippen LogP) is 2.36. The maximum absolute atomic E-state index is 11.7. The Morgan fingerprint density at radius 3 is 2.50 bits per heavy atom. The van der Waals surface area contributed by atoms with Crippen molar-refractivity contribution in [3.8, 4) is 0 Å². The minimum Gasteiger partial charge on any atom is -0.486 e. The fourth-order valence-electron chi connectivity index (χ4n) is 1.17. The highest BCUT2D eigenvalue weighted by Gasteiger charge is 2.13. The Labute approximate surface area is 105 Å². The molecule has 0 aliphatic rings. The van der Waals surface area contributed by atoms with Crippen molar-refractivity contribution >= 4 is 34.8 Å². The largest absolute Gasteiger partial charge is 0.486 e. The molecule has 0 spiro atoms. The van der Waals surface area contributed by atoms with Crippen LogP contribution in [0, 0.1) is 0 Å². The molecule has 0 saturated carbocycles. The normalized spacial score (nSPS) is 9.75. The summed E-state index contributed by atoms with van der Waals surface area (Å²) in [6.07, 6.45) is 0. The van der Waals surface area contributed by atoms with Crippen LogP contribution in [0.3, 0.4) is 0 Å². The molecule has 0 radical (unpaired) electrons. The van der Waals surface area contributed by atoms with Gasteiger partial charge in [-0.25, -0.2) is 0 Å². The molecule has 16 heavy (non-hydrogen) atoms. The summed E-state index contributed by atoms with van der Waals surface area (Å²) in [6, 6.07) is 4.99. The first-order chi connectivity index (χ1) is 7.47. The Balaban J connectivity index is 3.10. The maximum Gasteiger partial charge on any atom is 0.254 e. The van der Waals surface area contributed by atoms with Crippen LogP contribution in [0.15, 0.2) is 18.2 Å². The molecule has 0 aliphatic heterocycles. The highest BCUT2D eigenvalue weighted by atomic mass is 35.5. The van der Waals surface area contributed by atoms with Gasteiger partial charge in [0.1, 0.15) is 0 Å². The lowest BCUT2D eigenvalue weighted by Crippen LogP contribution is -2.22. The average Bonchev–Trinajstić information content (AvgIpc) is 2.26. The number of rotatable bonds is 2. The fraction of sp³-hybridized carbons (Fsp3) is 0.273. The molecule has 0 aromatic heterocycles. The summed E-state index contributed by atoms with van der Waals surface area (Å²) < 4.78 is 4.92. The molecule has 1 rings (SSSR count).